The van der Waals surface area contributed by atoms with Crippen LogP contribution >= 0.6 is 0 Å². The number of carbonyl (C=O) groups excluding carboxylic acids is 2. The molecular formula is C14H21N3O4. The minimum Gasteiger partial charge on any atom is -0.468 e. The molecular weight excluding hydrogens is 274 g/mol. The zero-order valence-electron chi connectivity index (χ0n) is 13.0. The summed E-state index contributed by atoms with van der Waals surface area (Å²) in [6.07, 6.45) is 0. The molecule has 0 saturated heterocycles. The van der Waals surface area contributed by atoms with Gasteiger partial charge in [0.15, 0.2) is 0 Å². The molecule has 0 fully saturated rings. The lowest BCUT2D eigenvalue weighted by molar-refractivity contribution is -0.141. The summed E-state index contributed by atoms with van der Waals surface area (Å²) in [7, 11) is 1.25. The summed E-state index contributed by atoms with van der Waals surface area (Å²) in [5.41, 5.74) is -0.166. The Morgan fingerprint density at radius 1 is 1.38 bits per heavy atom. The minimum absolute atomic E-state index is 0.0369. The number of ether oxygens (including phenoxy) is 1. The van der Waals surface area contributed by atoms with Crippen LogP contribution in [0.2, 0.25) is 0 Å². The van der Waals surface area contributed by atoms with Crippen molar-refractivity contribution in [2.45, 2.75) is 33.6 Å². The first-order valence-electron chi connectivity index (χ1n) is 6.78. The van der Waals surface area contributed by atoms with E-state index in [-0.39, 0.29) is 18.0 Å². The van der Waals surface area contributed by atoms with Crippen molar-refractivity contribution in [3.8, 4) is 0 Å². The molecule has 21 heavy (non-hydrogen) atoms. The molecule has 0 atom stereocenters. The second-order valence-corrected chi connectivity index (χ2v) is 4.96. The van der Waals surface area contributed by atoms with E-state index in [0.29, 0.717) is 18.1 Å². The number of aromatic amines is 1. The number of aromatic nitrogens is 2. The third-order valence-electron chi connectivity index (χ3n) is 3.10. The molecule has 7 heteroatoms. The Morgan fingerprint density at radius 3 is 2.43 bits per heavy atom. The van der Waals surface area contributed by atoms with Gasteiger partial charge in [0.2, 0.25) is 0 Å². The first-order valence-corrected chi connectivity index (χ1v) is 6.78. The number of likely N-dealkylation sites (N-methyl/N-ethyl adjacent to an activating group) is 1. The first-order chi connectivity index (χ1) is 9.81. The van der Waals surface area contributed by atoms with Crippen LogP contribution in [0.25, 0.3) is 0 Å². The van der Waals surface area contributed by atoms with Gasteiger partial charge < -0.3 is 14.6 Å². The number of methoxy groups -OCH3 is 1. The summed E-state index contributed by atoms with van der Waals surface area (Å²) in [6.45, 7) is 7.22. The van der Waals surface area contributed by atoms with Gasteiger partial charge in [-0.05, 0) is 13.8 Å². The number of hydrogen-bond acceptors (Lipinski definition) is 5. The van der Waals surface area contributed by atoms with Crippen LogP contribution in [0.3, 0.4) is 0 Å². The van der Waals surface area contributed by atoms with Gasteiger partial charge in [-0.2, -0.15) is 0 Å². The SMILES string of the molecule is CCN(CC(=O)OC)C(=O)c1c(C)nc(C(C)C)[nH]c1=O. The van der Waals surface area contributed by atoms with Crippen LogP contribution in [0.15, 0.2) is 4.79 Å². The highest BCUT2D eigenvalue weighted by Crippen LogP contribution is 2.10. The van der Waals surface area contributed by atoms with Gasteiger partial charge in [-0.25, -0.2) is 4.98 Å². The maximum absolute atomic E-state index is 12.4. The lowest BCUT2D eigenvalue weighted by Crippen LogP contribution is -2.39. The number of hydrogen-bond donors (Lipinski definition) is 1. The maximum Gasteiger partial charge on any atom is 0.325 e. The van der Waals surface area contributed by atoms with E-state index in [0.717, 1.165) is 0 Å². The number of aryl methyl sites for hydroxylation is 1. The fraction of sp³-hybridized carbons (Fsp3) is 0.571. The minimum atomic E-state index is -0.536. The Kier molecular flexibility index (Phi) is 5.63. The summed E-state index contributed by atoms with van der Waals surface area (Å²) >= 11 is 0. The smallest absolute Gasteiger partial charge is 0.325 e. The van der Waals surface area contributed by atoms with Crippen LogP contribution in [-0.2, 0) is 9.53 Å². The molecule has 1 N–H and O–H groups in total. The highest BCUT2D eigenvalue weighted by atomic mass is 16.5. The molecule has 0 aromatic carbocycles. The topological polar surface area (TPSA) is 92.4 Å². The number of H-pyrrole nitrogens is 1. The van der Waals surface area contributed by atoms with Crippen LogP contribution in [0.4, 0.5) is 0 Å². The van der Waals surface area contributed by atoms with Gasteiger partial charge in [0.1, 0.15) is 17.9 Å². The van der Waals surface area contributed by atoms with Crippen molar-refractivity contribution >= 4 is 11.9 Å². The molecule has 0 radical (unpaired) electrons. The van der Waals surface area contributed by atoms with Gasteiger partial charge in [-0.3, -0.25) is 14.4 Å². The van der Waals surface area contributed by atoms with Crippen LogP contribution in [0, 0.1) is 6.92 Å². The van der Waals surface area contributed by atoms with Crippen LogP contribution in [0.5, 0.6) is 0 Å². The van der Waals surface area contributed by atoms with E-state index in [4.69, 9.17) is 0 Å². The molecule has 0 aliphatic rings. The van der Waals surface area contributed by atoms with Crippen molar-refractivity contribution < 1.29 is 14.3 Å². The molecule has 1 aromatic heterocycles. The van der Waals surface area contributed by atoms with Crippen molar-refractivity contribution in [3.63, 3.8) is 0 Å². The Labute approximate surface area is 123 Å². The fourth-order valence-electron chi connectivity index (χ4n) is 1.84. The van der Waals surface area contributed by atoms with Crippen molar-refractivity contribution in [3.05, 3.63) is 27.4 Å². The number of rotatable bonds is 5. The second-order valence-electron chi connectivity index (χ2n) is 4.96. The highest BCUT2D eigenvalue weighted by Gasteiger charge is 2.23. The monoisotopic (exact) mass is 295 g/mol. The van der Waals surface area contributed by atoms with Crippen LogP contribution in [0.1, 0.15) is 48.6 Å². The van der Waals surface area contributed by atoms with Gasteiger partial charge >= 0.3 is 5.97 Å². The lowest BCUT2D eigenvalue weighted by Gasteiger charge is -2.20. The third-order valence-corrected chi connectivity index (χ3v) is 3.10. The van der Waals surface area contributed by atoms with Gasteiger partial charge in [-0.1, -0.05) is 13.8 Å². The Hall–Kier alpha value is -2.18. The first kappa shape index (κ1) is 16.9. The zero-order valence-corrected chi connectivity index (χ0v) is 13.0. The number of nitrogens with zero attached hydrogens (tertiary/aromatic N) is 2. The van der Waals surface area contributed by atoms with E-state index in [1.54, 1.807) is 13.8 Å². The van der Waals surface area contributed by atoms with Crippen molar-refractivity contribution in [2.24, 2.45) is 0 Å². The molecule has 1 amide bonds. The molecule has 0 saturated carbocycles. The van der Waals surface area contributed by atoms with E-state index in [2.05, 4.69) is 14.7 Å². The average molecular weight is 295 g/mol. The van der Waals surface area contributed by atoms with E-state index in [9.17, 15) is 14.4 Å². The maximum atomic E-state index is 12.4. The number of carbonyl (C=O) groups is 2. The molecule has 1 heterocycles. The third kappa shape index (κ3) is 3.90. The molecule has 0 aliphatic carbocycles. The van der Waals surface area contributed by atoms with Crippen LogP contribution < -0.4 is 5.56 Å². The summed E-state index contributed by atoms with van der Waals surface area (Å²) in [5, 5.41) is 0. The largest absolute Gasteiger partial charge is 0.468 e. The van der Waals surface area contributed by atoms with Gasteiger partial charge in [-0.15, -0.1) is 0 Å². The molecule has 0 unspecified atom stereocenters. The normalized spacial score (nSPS) is 10.6. The quantitative estimate of drug-likeness (QED) is 0.812. The van der Waals surface area contributed by atoms with Crippen molar-refractivity contribution in [2.75, 3.05) is 20.2 Å². The number of nitrogens with one attached hydrogen (secondary N) is 1. The molecule has 1 aromatic rings. The molecule has 7 nitrogen and oxygen atoms in total. The Balaban J connectivity index is 3.17. The van der Waals surface area contributed by atoms with E-state index < -0.39 is 17.4 Å². The van der Waals surface area contributed by atoms with E-state index in [1.807, 2.05) is 13.8 Å². The molecule has 116 valence electrons. The Morgan fingerprint density at radius 2 is 2.00 bits per heavy atom. The Bertz CT molecular complexity index is 592. The standard InChI is InChI=1S/C14H21N3O4/c1-6-17(7-10(18)21-5)14(20)11-9(4)15-12(8(2)3)16-13(11)19/h8H,6-7H2,1-5H3,(H,15,16,19). The molecule has 1 rings (SSSR count). The second kappa shape index (κ2) is 7.01. The van der Waals surface area contributed by atoms with Gasteiger partial charge in [0.25, 0.3) is 11.5 Å². The molecule has 0 spiro atoms. The van der Waals surface area contributed by atoms with Crippen molar-refractivity contribution in [1.29, 1.82) is 0 Å². The predicted octanol–water partition coefficient (Wildman–Crippen LogP) is 0.837. The van der Waals surface area contributed by atoms with E-state index >= 15 is 0 Å². The van der Waals surface area contributed by atoms with Crippen LogP contribution in [-0.4, -0.2) is 46.9 Å². The molecule has 0 bridgehead atoms. The highest BCUT2D eigenvalue weighted by molar-refractivity contribution is 5.96. The van der Waals surface area contributed by atoms with E-state index in [1.165, 1.54) is 12.0 Å². The summed E-state index contributed by atoms with van der Waals surface area (Å²) in [4.78, 5) is 44.0. The lowest BCUT2D eigenvalue weighted by atomic mass is 10.1. The molecule has 0 aliphatic heterocycles. The predicted molar refractivity (Wildman–Crippen MR) is 77.3 cm³/mol. The van der Waals surface area contributed by atoms with Gasteiger partial charge in [0, 0.05) is 12.5 Å². The average Bonchev–Trinajstić information content (AvgIpc) is 2.43. The summed E-state index contributed by atoms with van der Waals surface area (Å²) in [5.74, 6) is -0.474. The fourth-order valence-corrected chi connectivity index (χ4v) is 1.84. The van der Waals surface area contributed by atoms with Crippen molar-refractivity contribution in [1.82, 2.24) is 14.9 Å². The summed E-state index contributed by atoms with van der Waals surface area (Å²) < 4.78 is 4.55. The van der Waals surface area contributed by atoms with Gasteiger partial charge in [0.05, 0.1) is 12.8 Å². The number of esters is 1. The zero-order chi connectivity index (χ0) is 16.2. The summed E-state index contributed by atoms with van der Waals surface area (Å²) in [6, 6.07) is 0. The number of amides is 1.